The van der Waals surface area contributed by atoms with E-state index in [1.165, 1.54) is 5.56 Å². The minimum Gasteiger partial charge on any atom is -0.352 e. The smallest absolute Gasteiger partial charge is 0.128 e. The molecule has 5 heteroatoms. The van der Waals surface area contributed by atoms with Gasteiger partial charge in [-0.3, -0.25) is 0 Å². The van der Waals surface area contributed by atoms with Gasteiger partial charge in [-0.2, -0.15) is 0 Å². The molecule has 2 aromatic rings. The van der Waals surface area contributed by atoms with Gasteiger partial charge in [-0.1, -0.05) is 0 Å². The normalized spacial score (nSPS) is 12.4. The summed E-state index contributed by atoms with van der Waals surface area (Å²) in [6.45, 7) is 2.88. The van der Waals surface area contributed by atoms with Gasteiger partial charge in [-0.05, 0) is 31.7 Å². The third kappa shape index (κ3) is 3.12. The second kappa shape index (κ2) is 5.84. The third-order valence-corrected chi connectivity index (χ3v) is 3.39. The fourth-order valence-corrected chi connectivity index (χ4v) is 1.92. The van der Waals surface area contributed by atoms with Crippen molar-refractivity contribution in [1.82, 2.24) is 19.9 Å². The monoisotopic (exact) mass is 259 g/mol. The molecule has 0 radical (unpaired) electrons. The molecule has 0 amide bonds. The van der Waals surface area contributed by atoms with Crippen LogP contribution in [-0.2, 0) is 13.6 Å². The maximum atomic E-state index is 4.43. The maximum Gasteiger partial charge on any atom is 0.128 e. The predicted octanol–water partition coefficient (Wildman–Crippen LogP) is 1.73. The summed E-state index contributed by atoms with van der Waals surface area (Å²) in [5, 5.41) is 3.24. The van der Waals surface area contributed by atoms with Crippen molar-refractivity contribution < 1.29 is 0 Å². The van der Waals surface area contributed by atoms with Crippen LogP contribution in [0.5, 0.6) is 0 Å². The first-order chi connectivity index (χ1) is 9.11. The number of nitrogens with zero attached hydrogens (tertiary/aromatic N) is 4. The fraction of sp³-hybridized carbons (Fsp3) is 0.429. The summed E-state index contributed by atoms with van der Waals surface area (Å²) >= 11 is 0. The molecule has 0 aliphatic carbocycles. The number of imidazole rings is 1. The van der Waals surface area contributed by atoms with E-state index < -0.39 is 0 Å². The van der Waals surface area contributed by atoms with E-state index in [4.69, 9.17) is 0 Å². The first-order valence-corrected chi connectivity index (χ1v) is 6.42. The largest absolute Gasteiger partial charge is 0.352 e. The SMILES string of the molecule is CNC(C)c1ccnc(N(C)Cc2nccn2C)c1. The van der Waals surface area contributed by atoms with Crippen molar-refractivity contribution in [3.05, 3.63) is 42.1 Å². The van der Waals surface area contributed by atoms with Crippen molar-refractivity contribution in [3.63, 3.8) is 0 Å². The third-order valence-electron chi connectivity index (χ3n) is 3.39. The number of hydrogen-bond donors (Lipinski definition) is 1. The van der Waals surface area contributed by atoms with Gasteiger partial charge in [-0.25, -0.2) is 9.97 Å². The standard InChI is InChI=1S/C14H21N5/c1-11(15-2)12-5-6-16-13(9-12)19(4)10-14-17-7-8-18(14)3/h5-9,11,15H,10H2,1-4H3. The highest BCUT2D eigenvalue weighted by Gasteiger charge is 2.09. The Labute approximate surface area is 114 Å². The maximum absolute atomic E-state index is 4.43. The summed E-state index contributed by atoms with van der Waals surface area (Å²) in [5.74, 6) is 1.99. The molecule has 2 aromatic heterocycles. The molecule has 0 aliphatic heterocycles. The van der Waals surface area contributed by atoms with Crippen LogP contribution in [0.3, 0.4) is 0 Å². The molecule has 0 saturated heterocycles. The summed E-state index contributed by atoms with van der Waals surface area (Å²) in [7, 11) is 6.00. The zero-order chi connectivity index (χ0) is 13.8. The van der Waals surface area contributed by atoms with Gasteiger partial charge in [0.05, 0.1) is 6.54 Å². The summed E-state index contributed by atoms with van der Waals surface area (Å²) < 4.78 is 2.02. The van der Waals surface area contributed by atoms with Crippen LogP contribution in [-0.4, -0.2) is 28.6 Å². The van der Waals surface area contributed by atoms with Crippen molar-refractivity contribution in [2.45, 2.75) is 19.5 Å². The van der Waals surface area contributed by atoms with E-state index >= 15 is 0 Å². The molecule has 0 spiro atoms. The van der Waals surface area contributed by atoms with Gasteiger partial charge < -0.3 is 14.8 Å². The van der Waals surface area contributed by atoms with Gasteiger partial charge in [0.2, 0.25) is 0 Å². The Morgan fingerprint density at radius 2 is 2.16 bits per heavy atom. The Bertz CT molecular complexity index is 534. The topological polar surface area (TPSA) is 46.0 Å². The van der Waals surface area contributed by atoms with Gasteiger partial charge in [-0.15, -0.1) is 0 Å². The Balaban J connectivity index is 2.15. The Morgan fingerprint density at radius 1 is 1.37 bits per heavy atom. The molecule has 2 rings (SSSR count). The van der Waals surface area contributed by atoms with Crippen LogP contribution >= 0.6 is 0 Å². The molecule has 19 heavy (non-hydrogen) atoms. The van der Waals surface area contributed by atoms with Crippen molar-refractivity contribution >= 4 is 5.82 Å². The van der Waals surface area contributed by atoms with Crippen LogP contribution in [0.1, 0.15) is 24.4 Å². The molecule has 0 bridgehead atoms. The fourth-order valence-electron chi connectivity index (χ4n) is 1.92. The number of aryl methyl sites for hydroxylation is 1. The Morgan fingerprint density at radius 3 is 2.79 bits per heavy atom. The van der Waals surface area contributed by atoms with Gasteiger partial charge >= 0.3 is 0 Å². The summed E-state index contributed by atoms with van der Waals surface area (Å²) in [5.41, 5.74) is 1.24. The van der Waals surface area contributed by atoms with E-state index in [0.717, 1.165) is 18.2 Å². The van der Waals surface area contributed by atoms with E-state index in [2.05, 4.69) is 33.2 Å². The number of nitrogens with one attached hydrogen (secondary N) is 1. The van der Waals surface area contributed by atoms with Gasteiger partial charge in [0.1, 0.15) is 11.6 Å². The molecular weight excluding hydrogens is 238 g/mol. The highest BCUT2D eigenvalue weighted by molar-refractivity contribution is 5.41. The van der Waals surface area contributed by atoms with Crippen LogP contribution in [0.4, 0.5) is 5.82 Å². The molecule has 102 valence electrons. The van der Waals surface area contributed by atoms with Crippen molar-refractivity contribution in [1.29, 1.82) is 0 Å². The molecule has 0 saturated carbocycles. The molecule has 0 fully saturated rings. The summed E-state index contributed by atoms with van der Waals surface area (Å²) in [6, 6.07) is 4.48. The molecule has 2 heterocycles. The number of aromatic nitrogens is 3. The lowest BCUT2D eigenvalue weighted by atomic mass is 10.1. The highest BCUT2D eigenvalue weighted by Crippen LogP contribution is 2.18. The average Bonchev–Trinajstić information content (AvgIpc) is 2.83. The van der Waals surface area contributed by atoms with E-state index in [0.29, 0.717) is 6.04 Å². The van der Waals surface area contributed by atoms with Crippen LogP contribution in [0.25, 0.3) is 0 Å². The molecule has 1 N–H and O–H groups in total. The highest BCUT2D eigenvalue weighted by atomic mass is 15.2. The Kier molecular flexibility index (Phi) is 4.16. The number of anilines is 1. The molecule has 0 aromatic carbocycles. The molecule has 1 atom stereocenters. The summed E-state index contributed by atoms with van der Waals surface area (Å²) in [4.78, 5) is 10.9. The first-order valence-electron chi connectivity index (χ1n) is 6.42. The number of hydrogen-bond acceptors (Lipinski definition) is 4. The molecular formula is C14H21N5. The zero-order valence-corrected chi connectivity index (χ0v) is 12.0. The van der Waals surface area contributed by atoms with Gasteiger partial charge in [0.15, 0.2) is 0 Å². The minimum absolute atomic E-state index is 0.323. The number of rotatable bonds is 5. The quantitative estimate of drug-likeness (QED) is 0.888. The average molecular weight is 259 g/mol. The predicted molar refractivity (Wildman–Crippen MR) is 77.0 cm³/mol. The van der Waals surface area contributed by atoms with E-state index in [9.17, 15) is 0 Å². The van der Waals surface area contributed by atoms with Crippen molar-refractivity contribution in [2.24, 2.45) is 7.05 Å². The second-order valence-electron chi connectivity index (χ2n) is 4.77. The van der Waals surface area contributed by atoms with Crippen LogP contribution < -0.4 is 10.2 Å². The molecule has 0 aliphatic rings. The van der Waals surface area contributed by atoms with Crippen molar-refractivity contribution in [3.8, 4) is 0 Å². The lowest BCUT2D eigenvalue weighted by Crippen LogP contribution is -2.21. The lowest BCUT2D eigenvalue weighted by molar-refractivity contribution is 0.650. The molecule has 1 unspecified atom stereocenters. The van der Waals surface area contributed by atoms with Gasteiger partial charge in [0, 0.05) is 38.7 Å². The second-order valence-corrected chi connectivity index (χ2v) is 4.77. The van der Waals surface area contributed by atoms with Gasteiger partial charge in [0.25, 0.3) is 0 Å². The first kappa shape index (κ1) is 13.5. The zero-order valence-electron chi connectivity index (χ0n) is 12.0. The van der Waals surface area contributed by atoms with E-state index in [-0.39, 0.29) is 0 Å². The van der Waals surface area contributed by atoms with Crippen molar-refractivity contribution in [2.75, 3.05) is 19.0 Å². The van der Waals surface area contributed by atoms with Crippen LogP contribution in [0.2, 0.25) is 0 Å². The van der Waals surface area contributed by atoms with E-state index in [1.807, 2.05) is 50.4 Å². The number of pyridine rings is 1. The van der Waals surface area contributed by atoms with Crippen LogP contribution in [0.15, 0.2) is 30.7 Å². The minimum atomic E-state index is 0.323. The van der Waals surface area contributed by atoms with E-state index in [1.54, 1.807) is 0 Å². The summed E-state index contributed by atoms with van der Waals surface area (Å²) in [6.07, 6.45) is 5.62. The Hall–Kier alpha value is -1.88. The lowest BCUT2D eigenvalue weighted by Gasteiger charge is -2.19. The molecule has 5 nitrogen and oxygen atoms in total. The van der Waals surface area contributed by atoms with Crippen LogP contribution in [0, 0.1) is 0 Å².